The molecule has 2 N–H and O–H groups in total. The SMILES string of the molecule is Nc1c(F)cccc1-c1cccc(Cl)c1. The summed E-state index contributed by atoms with van der Waals surface area (Å²) in [6, 6.07) is 11.9. The highest BCUT2D eigenvalue weighted by molar-refractivity contribution is 6.30. The van der Waals surface area contributed by atoms with Crippen LogP contribution in [0.2, 0.25) is 5.02 Å². The monoisotopic (exact) mass is 221 g/mol. The van der Waals surface area contributed by atoms with Gasteiger partial charge in [-0.15, -0.1) is 0 Å². The fourth-order valence-corrected chi connectivity index (χ4v) is 1.64. The summed E-state index contributed by atoms with van der Waals surface area (Å²) in [6.45, 7) is 0. The van der Waals surface area contributed by atoms with Crippen molar-refractivity contribution < 1.29 is 4.39 Å². The van der Waals surface area contributed by atoms with Crippen LogP contribution in [0.25, 0.3) is 11.1 Å². The first-order valence-corrected chi connectivity index (χ1v) is 4.86. The Morgan fingerprint density at radius 3 is 2.53 bits per heavy atom. The number of benzene rings is 2. The molecular weight excluding hydrogens is 213 g/mol. The zero-order valence-electron chi connectivity index (χ0n) is 7.87. The van der Waals surface area contributed by atoms with Gasteiger partial charge in [0.2, 0.25) is 0 Å². The van der Waals surface area contributed by atoms with E-state index in [-0.39, 0.29) is 5.69 Å². The van der Waals surface area contributed by atoms with Crippen LogP contribution in [-0.2, 0) is 0 Å². The van der Waals surface area contributed by atoms with Gasteiger partial charge in [-0.3, -0.25) is 0 Å². The molecule has 0 saturated carbocycles. The summed E-state index contributed by atoms with van der Waals surface area (Å²) < 4.78 is 13.2. The zero-order valence-corrected chi connectivity index (χ0v) is 8.63. The van der Waals surface area contributed by atoms with Gasteiger partial charge in [-0.25, -0.2) is 4.39 Å². The number of nitrogens with two attached hydrogens (primary N) is 1. The molecule has 0 heterocycles. The third-order valence-corrected chi connectivity index (χ3v) is 2.42. The first-order chi connectivity index (χ1) is 7.18. The van der Waals surface area contributed by atoms with E-state index in [1.54, 1.807) is 24.3 Å². The van der Waals surface area contributed by atoms with E-state index >= 15 is 0 Å². The third-order valence-electron chi connectivity index (χ3n) is 2.19. The molecule has 0 atom stereocenters. The fraction of sp³-hybridized carbons (Fsp3) is 0. The molecule has 3 heteroatoms. The van der Waals surface area contributed by atoms with Gasteiger partial charge >= 0.3 is 0 Å². The van der Waals surface area contributed by atoms with Gasteiger partial charge in [0.15, 0.2) is 0 Å². The lowest BCUT2D eigenvalue weighted by atomic mass is 10.0. The Morgan fingerprint density at radius 2 is 1.80 bits per heavy atom. The van der Waals surface area contributed by atoms with Crippen LogP contribution in [0, 0.1) is 5.82 Å². The number of para-hydroxylation sites is 1. The van der Waals surface area contributed by atoms with Crippen LogP contribution in [0.3, 0.4) is 0 Å². The number of hydrogen-bond acceptors (Lipinski definition) is 1. The molecule has 0 aliphatic carbocycles. The largest absolute Gasteiger partial charge is 0.396 e. The summed E-state index contributed by atoms with van der Waals surface area (Å²) >= 11 is 5.85. The van der Waals surface area contributed by atoms with Gasteiger partial charge in [0.1, 0.15) is 5.82 Å². The van der Waals surface area contributed by atoms with Crippen LogP contribution in [0.15, 0.2) is 42.5 Å². The van der Waals surface area contributed by atoms with Crippen molar-refractivity contribution in [1.29, 1.82) is 0 Å². The lowest BCUT2D eigenvalue weighted by molar-refractivity contribution is 0.633. The predicted molar refractivity (Wildman–Crippen MR) is 61.3 cm³/mol. The molecule has 2 aromatic carbocycles. The predicted octanol–water partition coefficient (Wildman–Crippen LogP) is 3.73. The Kier molecular flexibility index (Phi) is 2.60. The number of hydrogen-bond donors (Lipinski definition) is 1. The summed E-state index contributed by atoms with van der Waals surface area (Å²) in [4.78, 5) is 0. The molecule has 1 nitrogen and oxygen atoms in total. The maximum Gasteiger partial charge on any atom is 0.146 e. The van der Waals surface area contributed by atoms with E-state index in [1.807, 2.05) is 12.1 Å². The smallest absolute Gasteiger partial charge is 0.146 e. The minimum Gasteiger partial charge on any atom is -0.396 e. The van der Waals surface area contributed by atoms with Crippen molar-refractivity contribution in [2.45, 2.75) is 0 Å². The summed E-state index contributed by atoms with van der Waals surface area (Å²) in [7, 11) is 0. The molecule has 0 aliphatic rings. The molecular formula is C12H9ClFN. The van der Waals surface area contributed by atoms with E-state index in [2.05, 4.69) is 0 Å². The zero-order chi connectivity index (χ0) is 10.8. The Morgan fingerprint density at radius 1 is 1.07 bits per heavy atom. The quantitative estimate of drug-likeness (QED) is 0.730. The molecule has 0 fully saturated rings. The second-order valence-corrected chi connectivity index (χ2v) is 3.65. The highest BCUT2D eigenvalue weighted by Gasteiger charge is 2.06. The van der Waals surface area contributed by atoms with Crippen LogP contribution in [0.4, 0.5) is 10.1 Å². The Labute approximate surface area is 92.3 Å². The molecule has 0 amide bonds. The van der Waals surface area contributed by atoms with Gasteiger partial charge in [-0.2, -0.15) is 0 Å². The topological polar surface area (TPSA) is 26.0 Å². The maximum atomic E-state index is 13.2. The molecule has 0 spiro atoms. The molecule has 2 rings (SSSR count). The van der Waals surface area contributed by atoms with Crippen molar-refractivity contribution in [2.75, 3.05) is 5.73 Å². The molecule has 0 aromatic heterocycles. The van der Waals surface area contributed by atoms with Gasteiger partial charge in [0.25, 0.3) is 0 Å². The van der Waals surface area contributed by atoms with Gasteiger partial charge in [-0.1, -0.05) is 35.9 Å². The fourth-order valence-electron chi connectivity index (χ4n) is 1.44. The summed E-state index contributed by atoms with van der Waals surface area (Å²) in [6.07, 6.45) is 0. The van der Waals surface area contributed by atoms with Gasteiger partial charge in [0.05, 0.1) is 5.69 Å². The molecule has 0 saturated heterocycles. The highest BCUT2D eigenvalue weighted by Crippen LogP contribution is 2.29. The molecule has 0 bridgehead atoms. The molecule has 0 unspecified atom stereocenters. The Bertz CT molecular complexity index is 497. The van der Waals surface area contributed by atoms with Crippen LogP contribution < -0.4 is 5.73 Å². The van der Waals surface area contributed by atoms with Crippen LogP contribution >= 0.6 is 11.6 Å². The normalized spacial score (nSPS) is 10.3. The molecule has 0 radical (unpaired) electrons. The lowest BCUT2D eigenvalue weighted by Gasteiger charge is -2.06. The second kappa shape index (κ2) is 3.91. The molecule has 0 aliphatic heterocycles. The minimum atomic E-state index is -0.410. The second-order valence-electron chi connectivity index (χ2n) is 3.21. The third kappa shape index (κ3) is 1.95. The van der Waals surface area contributed by atoms with Crippen LogP contribution in [0.5, 0.6) is 0 Å². The van der Waals surface area contributed by atoms with Crippen molar-refractivity contribution in [3.63, 3.8) is 0 Å². The maximum absolute atomic E-state index is 13.2. The number of rotatable bonds is 1. The first kappa shape index (κ1) is 9.99. The molecule has 15 heavy (non-hydrogen) atoms. The number of halogens is 2. The Hall–Kier alpha value is -1.54. The number of anilines is 1. The van der Waals surface area contributed by atoms with E-state index in [1.165, 1.54) is 6.07 Å². The van der Waals surface area contributed by atoms with Gasteiger partial charge in [-0.05, 0) is 23.8 Å². The van der Waals surface area contributed by atoms with Crippen molar-refractivity contribution >= 4 is 17.3 Å². The summed E-state index contributed by atoms with van der Waals surface area (Å²) in [5, 5.41) is 0.608. The van der Waals surface area contributed by atoms with Crippen molar-refractivity contribution in [3.8, 4) is 11.1 Å². The minimum absolute atomic E-state index is 0.153. The lowest BCUT2D eigenvalue weighted by Crippen LogP contribution is -1.93. The standard InChI is InChI=1S/C12H9ClFN/c13-9-4-1-3-8(7-9)10-5-2-6-11(14)12(10)15/h1-7H,15H2. The van der Waals surface area contributed by atoms with Crippen LogP contribution in [-0.4, -0.2) is 0 Å². The van der Waals surface area contributed by atoms with Gasteiger partial charge < -0.3 is 5.73 Å². The van der Waals surface area contributed by atoms with Crippen molar-refractivity contribution in [3.05, 3.63) is 53.3 Å². The first-order valence-electron chi connectivity index (χ1n) is 4.48. The van der Waals surface area contributed by atoms with Gasteiger partial charge in [0, 0.05) is 10.6 Å². The van der Waals surface area contributed by atoms with E-state index in [4.69, 9.17) is 17.3 Å². The Balaban J connectivity index is 2.59. The summed E-state index contributed by atoms with van der Waals surface area (Å²) in [5.41, 5.74) is 7.28. The van der Waals surface area contributed by atoms with Crippen LogP contribution in [0.1, 0.15) is 0 Å². The van der Waals surface area contributed by atoms with E-state index < -0.39 is 5.82 Å². The van der Waals surface area contributed by atoms with E-state index in [0.717, 1.165) is 5.56 Å². The molecule has 2 aromatic rings. The van der Waals surface area contributed by atoms with E-state index in [9.17, 15) is 4.39 Å². The van der Waals surface area contributed by atoms with E-state index in [0.29, 0.717) is 10.6 Å². The average molecular weight is 222 g/mol. The van der Waals surface area contributed by atoms with Crippen molar-refractivity contribution in [1.82, 2.24) is 0 Å². The highest BCUT2D eigenvalue weighted by atomic mass is 35.5. The molecule has 76 valence electrons. The average Bonchev–Trinajstić information content (AvgIpc) is 2.22. The summed E-state index contributed by atoms with van der Waals surface area (Å²) in [5.74, 6) is -0.410. The number of nitrogen functional groups attached to an aromatic ring is 1. The van der Waals surface area contributed by atoms with Crippen molar-refractivity contribution in [2.24, 2.45) is 0 Å².